The molecular formula is C25H27ClFNO2Si3. The van der Waals surface area contributed by atoms with Crippen molar-refractivity contribution in [2.45, 2.75) is 39.3 Å². The molecule has 0 amide bonds. The van der Waals surface area contributed by atoms with E-state index in [0.717, 1.165) is 27.4 Å². The normalized spacial score (nSPS) is 18.8. The first-order chi connectivity index (χ1) is 15.4. The summed E-state index contributed by atoms with van der Waals surface area (Å²) < 4.78 is 28.6. The Hall–Kier alpha value is -1.88. The van der Waals surface area contributed by atoms with Crippen molar-refractivity contribution in [1.29, 1.82) is 0 Å². The van der Waals surface area contributed by atoms with Gasteiger partial charge in [0.2, 0.25) is 16.6 Å². The molecule has 0 bridgehead atoms. The Morgan fingerprint density at radius 1 is 0.758 bits per heavy atom. The summed E-state index contributed by atoms with van der Waals surface area (Å²) in [6.45, 7) is 13.2. The van der Waals surface area contributed by atoms with Crippen molar-refractivity contribution in [2.75, 3.05) is 0 Å². The number of rotatable bonds is 1. The number of halogens is 2. The van der Waals surface area contributed by atoms with E-state index in [0.29, 0.717) is 10.6 Å². The molecule has 0 saturated heterocycles. The number of pyridine rings is 1. The molecule has 0 spiro atoms. The molecule has 0 atom stereocenters. The lowest BCUT2D eigenvalue weighted by atomic mass is 9.96. The molecule has 33 heavy (non-hydrogen) atoms. The van der Waals surface area contributed by atoms with Crippen molar-refractivity contribution in [3.8, 4) is 11.1 Å². The van der Waals surface area contributed by atoms with Crippen LogP contribution in [0.1, 0.15) is 0 Å². The fourth-order valence-electron chi connectivity index (χ4n) is 5.27. The van der Waals surface area contributed by atoms with Gasteiger partial charge in [-0.2, -0.15) is 0 Å². The van der Waals surface area contributed by atoms with Crippen LogP contribution in [-0.4, -0.2) is 30.2 Å². The lowest BCUT2D eigenvalue weighted by molar-refractivity contribution is 0.405. The molecule has 0 aliphatic carbocycles. The second-order valence-corrected chi connectivity index (χ2v) is 22.2. The molecule has 170 valence electrons. The summed E-state index contributed by atoms with van der Waals surface area (Å²) in [7, 11) is -6.85. The summed E-state index contributed by atoms with van der Waals surface area (Å²) in [5.74, 6) is -0.263. The topological polar surface area (TPSA) is 31.4 Å². The lowest BCUT2D eigenvalue weighted by Crippen LogP contribution is -2.57. The molecule has 5 rings (SSSR count). The quantitative estimate of drug-likeness (QED) is 0.218. The summed E-state index contributed by atoms with van der Waals surface area (Å²) in [6.07, 6.45) is 0. The average molecular weight is 512 g/mol. The van der Waals surface area contributed by atoms with Crippen LogP contribution in [0, 0.1) is 5.82 Å². The van der Waals surface area contributed by atoms with Gasteiger partial charge in [0, 0.05) is 26.9 Å². The summed E-state index contributed by atoms with van der Waals surface area (Å²) in [4.78, 5) is 4.99. The zero-order valence-corrected chi connectivity index (χ0v) is 23.5. The Morgan fingerprint density at radius 3 is 2.03 bits per heavy atom. The monoisotopic (exact) mass is 511 g/mol. The van der Waals surface area contributed by atoms with Crippen molar-refractivity contribution < 1.29 is 12.6 Å². The summed E-state index contributed by atoms with van der Waals surface area (Å²) >= 11 is 6.38. The SMILES string of the molecule is C[Si]1(C)O[Si](C)(C)c2cc3nc4ccc(Cl)cc4c(-c4ccccc4F)c3cc2[Si](C)(C)O1. The fourth-order valence-corrected chi connectivity index (χ4v) is 20.9. The minimum atomic E-state index is -2.30. The van der Waals surface area contributed by atoms with Gasteiger partial charge in [-0.1, -0.05) is 35.9 Å². The van der Waals surface area contributed by atoms with Gasteiger partial charge in [-0.15, -0.1) is 0 Å². The predicted molar refractivity (Wildman–Crippen MR) is 144 cm³/mol. The third kappa shape index (κ3) is 3.90. The molecule has 0 saturated carbocycles. The first-order valence-electron chi connectivity index (χ1n) is 11.1. The molecule has 0 N–H and O–H groups in total. The van der Waals surface area contributed by atoms with Gasteiger partial charge in [0.15, 0.2) is 0 Å². The molecule has 0 unspecified atom stereocenters. The highest BCUT2D eigenvalue weighted by atomic mass is 35.5. The third-order valence-electron chi connectivity index (χ3n) is 6.32. The van der Waals surface area contributed by atoms with E-state index in [1.54, 1.807) is 6.07 Å². The smallest absolute Gasteiger partial charge is 0.311 e. The molecule has 4 aromatic rings. The summed E-state index contributed by atoms with van der Waals surface area (Å²) in [5.41, 5.74) is 3.01. The molecule has 8 heteroatoms. The van der Waals surface area contributed by atoms with Gasteiger partial charge in [-0.3, -0.25) is 0 Å². The summed E-state index contributed by atoms with van der Waals surface area (Å²) in [6, 6.07) is 16.9. The molecular weight excluding hydrogens is 485 g/mol. The highest BCUT2D eigenvalue weighted by Crippen LogP contribution is 2.37. The van der Waals surface area contributed by atoms with Crippen LogP contribution in [0.5, 0.6) is 0 Å². The lowest BCUT2D eigenvalue weighted by Gasteiger charge is -2.33. The first kappa shape index (κ1) is 22.9. The summed E-state index contributed by atoms with van der Waals surface area (Å²) in [5, 5.41) is 4.83. The Balaban J connectivity index is 1.96. The standard InChI is InChI=1S/C25H27ClFNO2Si3/c1-31(2)23-14-19-22(15-24(23)32(3,4)30-33(5,6)29-31)28-21-12-11-16(26)13-18(21)25(19)17-9-7-8-10-20(17)27/h7-15H,1-6H3. The van der Waals surface area contributed by atoms with Gasteiger partial charge in [-0.25, -0.2) is 9.37 Å². The number of benzene rings is 3. The second-order valence-electron chi connectivity index (χ2n) is 10.2. The molecule has 0 fully saturated rings. The van der Waals surface area contributed by atoms with Gasteiger partial charge in [0.05, 0.1) is 11.0 Å². The largest absolute Gasteiger partial charge is 0.433 e. The number of hydrogen-bond donors (Lipinski definition) is 0. The Bertz CT molecular complexity index is 1440. The third-order valence-corrected chi connectivity index (χ3v) is 18.2. The van der Waals surface area contributed by atoms with E-state index < -0.39 is 25.2 Å². The van der Waals surface area contributed by atoms with Gasteiger partial charge < -0.3 is 8.23 Å². The van der Waals surface area contributed by atoms with Crippen molar-refractivity contribution in [1.82, 2.24) is 4.98 Å². The van der Waals surface area contributed by atoms with Crippen LogP contribution >= 0.6 is 11.6 Å². The maximum atomic E-state index is 15.1. The van der Waals surface area contributed by atoms with Crippen molar-refractivity contribution in [2.24, 2.45) is 0 Å². The molecule has 3 aromatic carbocycles. The molecule has 1 aliphatic rings. The number of hydrogen-bond acceptors (Lipinski definition) is 3. The minimum Gasteiger partial charge on any atom is -0.433 e. The Kier molecular flexibility index (Phi) is 5.24. The van der Waals surface area contributed by atoms with Crippen LogP contribution in [0.15, 0.2) is 54.6 Å². The van der Waals surface area contributed by atoms with Crippen LogP contribution < -0.4 is 10.4 Å². The van der Waals surface area contributed by atoms with E-state index in [1.807, 2.05) is 30.3 Å². The van der Waals surface area contributed by atoms with Crippen LogP contribution in [0.3, 0.4) is 0 Å². The average Bonchev–Trinajstić information content (AvgIpc) is 2.75. The zero-order chi connectivity index (χ0) is 23.8. The Labute approximate surface area is 202 Å². The van der Waals surface area contributed by atoms with Crippen LogP contribution in [-0.2, 0) is 8.23 Å². The molecule has 3 nitrogen and oxygen atoms in total. The zero-order valence-electron chi connectivity index (χ0n) is 19.7. The van der Waals surface area contributed by atoms with Crippen molar-refractivity contribution in [3.63, 3.8) is 0 Å². The van der Waals surface area contributed by atoms with Crippen molar-refractivity contribution >= 4 is 69.0 Å². The Morgan fingerprint density at radius 2 is 1.36 bits per heavy atom. The van der Waals surface area contributed by atoms with E-state index >= 15 is 4.39 Å². The van der Waals surface area contributed by atoms with Crippen LogP contribution in [0.4, 0.5) is 4.39 Å². The van der Waals surface area contributed by atoms with Crippen LogP contribution in [0.2, 0.25) is 44.3 Å². The van der Waals surface area contributed by atoms with Gasteiger partial charge in [-0.05, 0) is 80.0 Å². The van der Waals surface area contributed by atoms with Gasteiger partial charge >= 0.3 is 8.56 Å². The maximum absolute atomic E-state index is 15.1. The van der Waals surface area contributed by atoms with E-state index in [1.165, 1.54) is 16.4 Å². The fraction of sp³-hybridized carbons (Fsp3) is 0.240. The van der Waals surface area contributed by atoms with Crippen molar-refractivity contribution in [3.05, 3.63) is 65.4 Å². The van der Waals surface area contributed by atoms with E-state index in [9.17, 15) is 0 Å². The number of fused-ring (bicyclic) bond motifs is 3. The molecule has 1 aromatic heterocycles. The van der Waals surface area contributed by atoms with Crippen LogP contribution in [0.25, 0.3) is 32.9 Å². The first-order valence-corrected chi connectivity index (χ1v) is 20.1. The maximum Gasteiger partial charge on any atom is 0.311 e. The van der Waals surface area contributed by atoms with Gasteiger partial charge in [0.25, 0.3) is 0 Å². The molecule has 1 aliphatic heterocycles. The number of nitrogens with zero attached hydrogens (tertiary/aromatic N) is 1. The predicted octanol–water partition coefficient (Wildman–Crippen LogP) is 6.42. The van der Waals surface area contributed by atoms with E-state index in [2.05, 4.69) is 51.4 Å². The number of aromatic nitrogens is 1. The highest BCUT2D eigenvalue weighted by Gasteiger charge is 2.48. The van der Waals surface area contributed by atoms with E-state index in [4.69, 9.17) is 24.8 Å². The van der Waals surface area contributed by atoms with Gasteiger partial charge in [0.1, 0.15) is 5.82 Å². The minimum absolute atomic E-state index is 0.263. The van der Waals surface area contributed by atoms with E-state index in [-0.39, 0.29) is 5.82 Å². The molecule has 0 radical (unpaired) electrons. The highest BCUT2D eigenvalue weighted by molar-refractivity contribution is 7.03. The second kappa shape index (κ2) is 7.56. The molecule has 2 heterocycles.